The van der Waals surface area contributed by atoms with Gasteiger partial charge in [-0.3, -0.25) is 0 Å². The number of hydrogen-bond acceptors (Lipinski definition) is 4. The van der Waals surface area contributed by atoms with Gasteiger partial charge in [-0.25, -0.2) is 4.98 Å². The molecule has 0 aliphatic heterocycles. The molecular formula is C14H23N3O. The molecule has 3 N–H and O–H groups in total. The Kier molecular flexibility index (Phi) is 4.19. The van der Waals surface area contributed by atoms with Crippen LogP contribution in [0.15, 0.2) is 12.3 Å². The first kappa shape index (κ1) is 13.3. The number of nitrogens with two attached hydrogens (primary N) is 1. The quantitative estimate of drug-likeness (QED) is 0.810. The van der Waals surface area contributed by atoms with Crippen LogP contribution in [-0.4, -0.2) is 24.7 Å². The van der Waals surface area contributed by atoms with Gasteiger partial charge in [0.25, 0.3) is 0 Å². The fourth-order valence-electron chi connectivity index (χ4n) is 2.59. The number of anilines is 1. The highest BCUT2D eigenvalue weighted by Crippen LogP contribution is 2.41. The molecule has 0 bridgehead atoms. The van der Waals surface area contributed by atoms with E-state index in [4.69, 9.17) is 10.5 Å². The van der Waals surface area contributed by atoms with Gasteiger partial charge >= 0.3 is 0 Å². The number of likely N-dealkylation sites (N-methyl/N-ethyl adjacent to an activating group) is 1. The number of pyridine rings is 1. The monoisotopic (exact) mass is 249 g/mol. The van der Waals surface area contributed by atoms with Gasteiger partial charge in [0.15, 0.2) is 0 Å². The van der Waals surface area contributed by atoms with Gasteiger partial charge in [0.1, 0.15) is 5.82 Å². The van der Waals surface area contributed by atoms with Gasteiger partial charge in [-0.05, 0) is 51.3 Å². The Labute approximate surface area is 109 Å². The average Bonchev–Trinajstić information content (AvgIpc) is 3.16. The number of nitrogen functional groups attached to an aromatic ring is 1. The number of nitrogens with one attached hydrogen (secondary N) is 1. The third kappa shape index (κ3) is 2.65. The van der Waals surface area contributed by atoms with Crippen LogP contribution in [-0.2, 0) is 4.74 Å². The van der Waals surface area contributed by atoms with Crippen molar-refractivity contribution in [1.82, 2.24) is 10.3 Å². The highest BCUT2D eigenvalue weighted by atomic mass is 16.5. The molecule has 100 valence electrons. The Morgan fingerprint density at radius 2 is 2.28 bits per heavy atom. The highest BCUT2D eigenvalue weighted by molar-refractivity contribution is 5.46. The summed E-state index contributed by atoms with van der Waals surface area (Å²) in [6, 6.07) is 2.14. The first-order valence-corrected chi connectivity index (χ1v) is 6.68. The minimum atomic E-state index is 0.131. The second kappa shape index (κ2) is 5.67. The first-order valence-electron chi connectivity index (χ1n) is 6.68. The van der Waals surface area contributed by atoms with Crippen molar-refractivity contribution in [2.75, 3.05) is 19.4 Å². The molecule has 0 spiro atoms. The molecule has 1 aliphatic carbocycles. The van der Waals surface area contributed by atoms with Crippen LogP contribution < -0.4 is 11.1 Å². The fourth-order valence-corrected chi connectivity index (χ4v) is 2.59. The Morgan fingerprint density at radius 1 is 1.56 bits per heavy atom. The van der Waals surface area contributed by atoms with Gasteiger partial charge in [-0.1, -0.05) is 0 Å². The summed E-state index contributed by atoms with van der Waals surface area (Å²) in [6.07, 6.45) is 4.46. The van der Waals surface area contributed by atoms with Crippen LogP contribution in [0.1, 0.15) is 36.9 Å². The van der Waals surface area contributed by atoms with Crippen LogP contribution in [0.2, 0.25) is 0 Å². The molecule has 2 unspecified atom stereocenters. The molecule has 2 atom stereocenters. The molecule has 4 nitrogen and oxygen atoms in total. The predicted molar refractivity (Wildman–Crippen MR) is 73.3 cm³/mol. The van der Waals surface area contributed by atoms with Crippen molar-refractivity contribution in [2.24, 2.45) is 5.92 Å². The van der Waals surface area contributed by atoms with Crippen molar-refractivity contribution in [2.45, 2.75) is 38.8 Å². The zero-order valence-corrected chi connectivity index (χ0v) is 11.4. The summed E-state index contributed by atoms with van der Waals surface area (Å²) in [5, 5.41) is 3.36. The van der Waals surface area contributed by atoms with Crippen molar-refractivity contribution in [1.29, 1.82) is 0 Å². The van der Waals surface area contributed by atoms with E-state index in [1.54, 1.807) is 6.20 Å². The lowest BCUT2D eigenvalue weighted by atomic mass is 9.95. The number of ether oxygens (including phenoxy) is 1. The molecule has 0 saturated heterocycles. The standard InChI is InChI=1S/C14H23N3O/c1-4-18-13(10-5-6-10)12(16-3)11-9(2)7-8-17-14(11)15/h7-8,10,12-13,16H,4-6H2,1-3H3,(H2,15,17). The number of aromatic nitrogens is 1. The van der Waals surface area contributed by atoms with Gasteiger partial charge in [0, 0.05) is 18.4 Å². The molecule has 1 heterocycles. The second-order valence-electron chi connectivity index (χ2n) is 4.95. The molecule has 0 radical (unpaired) electrons. The molecule has 18 heavy (non-hydrogen) atoms. The fraction of sp³-hybridized carbons (Fsp3) is 0.643. The Hall–Kier alpha value is -1.13. The lowest BCUT2D eigenvalue weighted by Gasteiger charge is -2.29. The van der Waals surface area contributed by atoms with E-state index in [1.165, 1.54) is 18.4 Å². The zero-order chi connectivity index (χ0) is 13.1. The van der Waals surface area contributed by atoms with Crippen molar-refractivity contribution < 1.29 is 4.74 Å². The number of hydrogen-bond donors (Lipinski definition) is 2. The summed E-state index contributed by atoms with van der Waals surface area (Å²) in [5.74, 6) is 1.26. The third-order valence-electron chi connectivity index (χ3n) is 3.64. The lowest BCUT2D eigenvalue weighted by Crippen LogP contribution is -2.34. The number of rotatable bonds is 6. The summed E-state index contributed by atoms with van der Waals surface area (Å²) in [7, 11) is 1.96. The highest BCUT2D eigenvalue weighted by Gasteiger charge is 2.38. The molecule has 4 heteroatoms. The Morgan fingerprint density at radius 3 is 2.78 bits per heavy atom. The van der Waals surface area contributed by atoms with E-state index < -0.39 is 0 Å². The predicted octanol–water partition coefficient (Wildman–Crippen LogP) is 2.05. The molecule has 1 aromatic rings. The van der Waals surface area contributed by atoms with Crippen LogP contribution in [0.4, 0.5) is 5.82 Å². The molecule has 0 aromatic carbocycles. The first-order chi connectivity index (χ1) is 8.69. The van der Waals surface area contributed by atoms with E-state index in [0.717, 1.165) is 12.2 Å². The lowest BCUT2D eigenvalue weighted by molar-refractivity contribution is 0.0204. The molecule has 1 aliphatic rings. The molecular weight excluding hydrogens is 226 g/mol. The Balaban J connectivity index is 2.31. The SMILES string of the molecule is CCOC(C1CC1)C(NC)c1c(C)ccnc1N. The van der Waals surface area contributed by atoms with Crippen molar-refractivity contribution >= 4 is 5.82 Å². The smallest absolute Gasteiger partial charge is 0.128 e. The van der Waals surface area contributed by atoms with E-state index >= 15 is 0 Å². The summed E-state index contributed by atoms with van der Waals surface area (Å²) in [6.45, 7) is 4.85. The number of aryl methyl sites for hydroxylation is 1. The second-order valence-corrected chi connectivity index (χ2v) is 4.95. The molecule has 1 aromatic heterocycles. The normalized spacial score (nSPS) is 18.6. The summed E-state index contributed by atoms with van der Waals surface area (Å²) in [4.78, 5) is 4.21. The van der Waals surface area contributed by atoms with Crippen LogP contribution in [0.3, 0.4) is 0 Å². The van der Waals surface area contributed by atoms with Crippen LogP contribution in [0.5, 0.6) is 0 Å². The van der Waals surface area contributed by atoms with E-state index in [9.17, 15) is 0 Å². The summed E-state index contributed by atoms with van der Waals surface area (Å²) in [5.41, 5.74) is 8.31. The van der Waals surface area contributed by atoms with Crippen LogP contribution >= 0.6 is 0 Å². The minimum absolute atomic E-state index is 0.131. The summed E-state index contributed by atoms with van der Waals surface area (Å²) < 4.78 is 5.94. The van der Waals surface area contributed by atoms with Gasteiger partial charge in [0.2, 0.25) is 0 Å². The van der Waals surface area contributed by atoms with E-state index in [0.29, 0.717) is 11.7 Å². The topological polar surface area (TPSA) is 60.2 Å². The van der Waals surface area contributed by atoms with Gasteiger partial charge in [-0.15, -0.1) is 0 Å². The van der Waals surface area contributed by atoms with Crippen molar-refractivity contribution in [3.05, 3.63) is 23.4 Å². The van der Waals surface area contributed by atoms with Crippen molar-refractivity contribution in [3.63, 3.8) is 0 Å². The van der Waals surface area contributed by atoms with E-state index in [-0.39, 0.29) is 12.1 Å². The van der Waals surface area contributed by atoms with Gasteiger partial charge < -0.3 is 15.8 Å². The maximum atomic E-state index is 6.05. The van der Waals surface area contributed by atoms with E-state index in [2.05, 4.69) is 17.2 Å². The largest absolute Gasteiger partial charge is 0.383 e. The molecule has 1 saturated carbocycles. The van der Waals surface area contributed by atoms with E-state index in [1.807, 2.05) is 20.0 Å². The molecule has 1 fully saturated rings. The zero-order valence-electron chi connectivity index (χ0n) is 11.4. The van der Waals surface area contributed by atoms with Gasteiger partial charge in [0.05, 0.1) is 12.1 Å². The maximum absolute atomic E-state index is 6.05. The minimum Gasteiger partial charge on any atom is -0.383 e. The van der Waals surface area contributed by atoms with Crippen LogP contribution in [0, 0.1) is 12.8 Å². The molecule has 2 rings (SSSR count). The molecule has 0 amide bonds. The van der Waals surface area contributed by atoms with Crippen molar-refractivity contribution in [3.8, 4) is 0 Å². The third-order valence-corrected chi connectivity index (χ3v) is 3.64. The number of nitrogens with zero attached hydrogens (tertiary/aromatic N) is 1. The maximum Gasteiger partial charge on any atom is 0.128 e. The van der Waals surface area contributed by atoms with Crippen LogP contribution in [0.25, 0.3) is 0 Å². The Bertz CT molecular complexity index is 384. The summed E-state index contributed by atoms with van der Waals surface area (Å²) >= 11 is 0. The average molecular weight is 249 g/mol. The van der Waals surface area contributed by atoms with Gasteiger partial charge in [-0.2, -0.15) is 0 Å².